The first-order valence-corrected chi connectivity index (χ1v) is 13.8. The van der Waals surface area contributed by atoms with Crippen LogP contribution in [0, 0.1) is 0 Å². The van der Waals surface area contributed by atoms with Crippen molar-refractivity contribution in [3.63, 3.8) is 0 Å². The molecule has 1 saturated heterocycles. The van der Waals surface area contributed by atoms with Gasteiger partial charge in [0.15, 0.2) is 5.96 Å². The van der Waals surface area contributed by atoms with E-state index in [0.29, 0.717) is 18.4 Å². The maximum atomic E-state index is 12.5. The highest BCUT2D eigenvalue weighted by Crippen LogP contribution is 2.21. The number of piperidine rings is 1. The normalized spacial score (nSPS) is 19.3. The largest absolute Gasteiger partial charge is 0.480 e. The number of anilines is 1. The van der Waals surface area contributed by atoms with Crippen molar-refractivity contribution >= 4 is 33.5 Å². The van der Waals surface area contributed by atoms with Crippen molar-refractivity contribution in [3.8, 4) is 0 Å². The van der Waals surface area contributed by atoms with E-state index in [1.165, 1.54) is 0 Å². The van der Waals surface area contributed by atoms with Crippen LogP contribution in [0.25, 0.3) is 0 Å². The molecule has 2 unspecified atom stereocenters. The van der Waals surface area contributed by atoms with Crippen LogP contribution in [-0.4, -0.2) is 81.9 Å². The summed E-state index contributed by atoms with van der Waals surface area (Å²) in [6, 6.07) is 5.97. The van der Waals surface area contributed by atoms with Gasteiger partial charge in [0.1, 0.15) is 6.04 Å². The van der Waals surface area contributed by atoms with E-state index < -0.39 is 27.9 Å². The molecular weight excluding hydrogens is 472 g/mol. The first-order valence-electron chi connectivity index (χ1n) is 12.2. The van der Waals surface area contributed by atoms with Gasteiger partial charge in [-0.25, -0.2) is 8.42 Å². The molecule has 5 N–H and O–H groups in total. The number of amides is 1. The number of carboxylic acid groups (broad SMARTS) is 1. The third kappa shape index (κ3) is 8.39. The van der Waals surface area contributed by atoms with Crippen molar-refractivity contribution in [3.05, 3.63) is 29.8 Å². The van der Waals surface area contributed by atoms with E-state index in [1.807, 2.05) is 19.1 Å². The van der Waals surface area contributed by atoms with E-state index in [4.69, 9.17) is 0 Å². The standard InChI is InChI=1S/C23H36N6O5S/c1-2-3-14-35(33,34)28-20(22(31)32)15-26-21(30)17-7-9-19(10-8-17)29-13-4-6-18(16-29)27-23-24-11-5-12-25-23/h7-10,18,20,28H,2-6,11-16H2,1H3,(H,26,30)(H,31,32)(H2,24,25,27). The Balaban J connectivity index is 1.53. The van der Waals surface area contributed by atoms with Gasteiger partial charge in [0.2, 0.25) is 10.0 Å². The van der Waals surface area contributed by atoms with Gasteiger partial charge < -0.3 is 26.0 Å². The van der Waals surface area contributed by atoms with Crippen LogP contribution in [0.3, 0.4) is 0 Å². The Morgan fingerprint density at radius 1 is 1.26 bits per heavy atom. The summed E-state index contributed by atoms with van der Waals surface area (Å²) in [5.41, 5.74) is 1.37. The molecule has 0 radical (unpaired) electrons. The Labute approximate surface area is 206 Å². The number of rotatable bonds is 11. The Hall–Kier alpha value is -2.86. The lowest BCUT2D eigenvalue weighted by Crippen LogP contribution is -2.52. The lowest BCUT2D eigenvalue weighted by molar-refractivity contribution is -0.138. The number of aliphatic imine (C=N–C) groups is 1. The van der Waals surface area contributed by atoms with Crippen molar-refractivity contribution in [2.45, 2.75) is 51.1 Å². The minimum atomic E-state index is -3.74. The van der Waals surface area contributed by atoms with Gasteiger partial charge in [0.05, 0.1) is 5.75 Å². The van der Waals surface area contributed by atoms with Crippen LogP contribution in [0.2, 0.25) is 0 Å². The van der Waals surface area contributed by atoms with E-state index in [-0.39, 0.29) is 18.3 Å². The Morgan fingerprint density at radius 2 is 2.03 bits per heavy atom. The summed E-state index contributed by atoms with van der Waals surface area (Å²) in [5.74, 6) is -1.10. The van der Waals surface area contributed by atoms with Crippen molar-refractivity contribution in [1.29, 1.82) is 0 Å². The molecule has 11 nitrogen and oxygen atoms in total. The number of nitrogens with zero attached hydrogens (tertiary/aromatic N) is 2. The van der Waals surface area contributed by atoms with Crippen LogP contribution in [0.15, 0.2) is 29.3 Å². The fourth-order valence-electron chi connectivity index (χ4n) is 4.06. The van der Waals surface area contributed by atoms with Gasteiger partial charge in [-0.3, -0.25) is 14.6 Å². The second-order valence-electron chi connectivity index (χ2n) is 8.88. The first kappa shape index (κ1) is 26.7. The van der Waals surface area contributed by atoms with E-state index in [2.05, 4.69) is 30.6 Å². The molecule has 0 spiro atoms. The molecule has 194 valence electrons. The molecule has 1 aromatic carbocycles. The van der Waals surface area contributed by atoms with Gasteiger partial charge in [-0.05, 0) is 49.9 Å². The van der Waals surface area contributed by atoms with Crippen molar-refractivity contribution in [2.24, 2.45) is 4.99 Å². The highest BCUT2D eigenvalue weighted by atomic mass is 32.2. The van der Waals surface area contributed by atoms with Crippen LogP contribution < -0.4 is 25.6 Å². The smallest absolute Gasteiger partial charge is 0.323 e. The second kappa shape index (κ2) is 12.7. The van der Waals surface area contributed by atoms with Crippen LogP contribution in [0.4, 0.5) is 5.69 Å². The third-order valence-electron chi connectivity index (χ3n) is 6.01. The number of guanidine groups is 1. The summed E-state index contributed by atoms with van der Waals surface area (Å²) >= 11 is 0. The average molecular weight is 509 g/mol. The molecule has 1 amide bonds. The molecule has 2 aliphatic rings. The first-order chi connectivity index (χ1) is 16.8. The highest BCUT2D eigenvalue weighted by Gasteiger charge is 2.25. The Kier molecular flexibility index (Phi) is 9.73. The number of sulfonamides is 1. The summed E-state index contributed by atoms with van der Waals surface area (Å²) in [7, 11) is -3.74. The number of carbonyl (C=O) groups is 2. The summed E-state index contributed by atoms with van der Waals surface area (Å²) in [4.78, 5) is 30.8. The molecule has 0 aliphatic carbocycles. The Bertz CT molecular complexity index is 998. The summed E-state index contributed by atoms with van der Waals surface area (Å²) in [5, 5.41) is 18.6. The van der Waals surface area contributed by atoms with E-state index in [9.17, 15) is 23.1 Å². The average Bonchev–Trinajstić information content (AvgIpc) is 2.86. The van der Waals surface area contributed by atoms with Gasteiger partial charge in [-0.15, -0.1) is 0 Å². The molecule has 0 aromatic heterocycles. The Morgan fingerprint density at radius 3 is 2.69 bits per heavy atom. The molecular formula is C23H36N6O5S. The molecule has 0 saturated carbocycles. The number of hydrogen-bond donors (Lipinski definition) is 5. The van der Waals surface area contributed by atoms with Crippen molar-refractivity contribution in [1.82, 2.24) is 20.7 Å². The zero-order valence-corrected chi connectivity index (χ0v) is 20.9. The number of carboxylic acids is 1. The molecule has 2 heterocycles. The number of aliphatic carboxylic acids is 1. The molecule has 1 fully saturated rings. The van der Waals surface area contributed by atoms with Crippen LogP contribution in [0.5, 0.6) is 0 Å². The molecule has 12 heteroatoms. The van der Waals surface area contributed by atoms with Crippen molar-refractivity contribution < 1.29 is 23.1 Å². The number of carbonyl (C=O) groups excluding carboxylic acids is 1. The minimum Gasteiger partial charge on any atom is -0.480 e. The number of unbranched alkanes of at least 4 members (excludes halogenated alkanes) is 1. The number of benzene rings is 1. The molecule has 2 aliphatic heterocycles. The molecule has 1 aromatic rings. The van der Waals surface area contributed by atoms with E-state index in [0.717, 1.165) is 57.1 Å². The topological polar surface area (TPSA) is 152 Å². The third-order valence-corrected chi connectivity index (χ3v) is 7.48. The summed E-state index contributed by atoms with van der Waals surface area (Å²) in [6.07, 6.45) is 4.25. The zero-order chi connectivity index (χ0) is 25.3. The van der Waals surface area contributed by atoms with Gasteiger partial charge >= 0.3 is 5.97 Å². The van der Waals surface area contributed by atoms with Crippen LogP contribution >= 0.6 is 0 Å². The monoisotopic (exact) mass is 508 g/mol. The van der Waals surface area contributed by atoms with Crippen LogP contribution in [-0.2, 0) is 14.8 Å². The second-order valence-corrected chi connectivity index (χ2v) is 10.8. The SMILES string of the molecule is CCCCS(=O)(=O)NC(CNC(=O)c1ccc(N2CCCC(NC3=NCCCN3)C2)cc1)C(=O)O. The molecule has 3 rings (SSSR count). The quantitative estimate of drug-likeness (QED) is 0.290. The molecule has 0 bridgehead atoms. The van der Waals surface area contributed by atoms with E-state index >= 15 is 0 Å². The lowest BCUT2D eigenvalue weighted by Gasteiger charge is -2.35. The highest BCUT2D eigenvalue weighted by molar-refractivity contribution is 7.89. The molecule has 2 atom stereocenters. The van der Waals surface area contributed by atoms with Gasteiger partial charge in [0.25, 0.3) is 5.91 Å². The predicted octanol–water partition coefficient (Wildman–Crippen LogP) is 0.497. The van der Waals surface area contributed by atoms with Gasteiger partial charge in [-0.2, -0.15) is 4.72 Å². The van der Waals surface area contributed by atoms with Gasteiger partial charge in [0, 0.05) is 50.0 Å². The zero-order valence-electron chi connectivity index (χ0n) is 20.1. The van der Waals surface area contributed by atoms with Gasteiger partial charge in [-0.1, -0.05) is 13.3 Å². The minimum absolute atomic E-state index is 0.153. The molecule has 35 heavy (non-hydrogen) atoms. The van der Waals surface area contributed by atoms with Crippen molar-refractivity contribution in [2.75, 3.05) is 43.4 Å². The summed E-state index contributed by atoms with van der Waals surface area (Å²) in [6.45, 7) is 5.02. The summed E-state index contributed by atoms with van der Waals surface area (Å²) < 4.78 is 26.2. The maximum absolute atomic E-state index is 12.5. The fourth-order valence-corrected chi connectivity index (χ4v) is 5.47. The van der Waals surface area contributed by atoms with Crippen LogP contribution in [0.1, 0.15) is 49.4 Å². The number of nitrogens with one attached hydrogen (secondary N) is 4. The number of hydrogen-bond acceptors (Lipinski definition) is 8. The fraction of sp³-hybridized carbons (Fsp3) is 0.609. The van der Waals surface area contributed by atoms with E-state index in [1.54, 1.807) is 12.1 Å². The lowest BCUT2D eigenvalue weighted by atomic mass is 10.0. The maximum Gasteiger partial charge on any atom is 0.323 e. The predicted molar refractivity (Wildman–Crippen MR) is 135 cm³/mol.